The molecule has 1 heteroatoms. The Balaban J connectivity index is 2.11. The minimum atomic E-state index is 0.999. The van der Waals surface area contributed by atoms with E-state index in [4.69, 9.17) is 0 Å². The van der Waals surface area contributed by atoms with Gasteiger partial charge in [0.25, 0.3) is 0 Å². The summed E-state index contributed by atoms with van der Waals surface area (Å²) in [7, 11) is 0. The van der Waals surface area contributed by atoms with Crippen molar-refractivity contribution < 1.29 is 0 Å². The van der Waals surface area contributed by atoms with Crippen molar-refractivity contribution in [1.29, 1.82) is 0 Å². The van der Waals surface area contributed by atoms with Crippen molar-refractivity contribution in [2.75, 3.05) is 6.54 Å². The van der Waals surface area contributed by atoms with Gasteiger partial charge in [0, 0.05) is 6.54 Å². The van der Waals surface area contributed by atoms with E-state index in [0.29, 0.717) is 0 Å². The second-order valence-electron chi connectivity index (χ2n) is 4.74. The van der Waals surface area contributed by atoms with Gasteiger partial charge in [-0.1, -0.05) is 48.0 Å². The molecule has 0 aliphatic carbocycles. The van der Waals surface area contributed by atoms with Crippen LogP contribution in [0.5, 0.6) is 0 Å². The fraction of sp³-hybridized carbons (Fsp3) is 0.250. The standard InChI is InChI=1S/C16H17N/c1-12-5-7-14(8-6-12)15-4-2-3-13-9-10-17-11-16(13)15/h2-8,17H,9-11H2,1H3. The molecular weight excluding hydrogens is 206 g/mol. The Labute approximate surface area is 102 Å². The summed E-state index contributed by atoms with van der Waals surface area (Å²) in [5.74, 6) is 0. The maximum atomic E-state index is 3.46. The van der Waals surface area contributed by atoms with Crippen LogP contribution in [-0.4, -0.2) is 6.54 Å². The van der Waals surface area contributed by atoms with Gasteiger partial charge in [-0.3, -0.25) is 0 Å². The number of nitrogens with one attached hydrogen (secondary N) is 1. The quantitative estimate of drug-likeness (QED) is 0.782. The molecule has 1 aliphatic heterocycles. The molecular formula is C16H17N. The molecule has 86 valence electrons. The summed E-state index contributed by atoms with van der Waals surface area (Å²) in [5, 5.41) is 3.46. The van der Waals surface area contributed by atoms with Crippen molar-refractivity contribution in [2.24, 2.45) is 0 Å². The minimum absolute atomic E-state index is 0.999. The van der Waals surface area contributed by atoms with Crippen LogP contribution in [-0.2, 0) is 13.0 Å². The van der Waals surface area contributed by atoms with Crippen LogP contribution in [0.4, 0.5) is 0 Å². The third kappa shape index (κ3) is 1.98. The predicted molar refractivity (Wildman–Crippen MR) is 72.0 cm³/mol. The maximum Gasteiger partial charge on any atom is 0.0214 e. The Bertz CT molecular complexity index is 526. The Hall–Kier alpha value is -1.60. The smallest absolute Gasteiger partial charge is 0.0214 e. The second kappa shape index (κ2) is 4.34. The van der Waals surface area contributed by atoms with Crippen LogP contribution in [0.2, 0.25) is 0 Å². The number of benzene rings is 2. The first-order chi connectivity index (χ1) is 8.34. The van der Waals surface area contributed by atoms with Gasteiger partial charge < -0.3 is 5.32 Å². The molecule has 0 atom stereocenters. The third-order valence-corrected chi connectivity index (χ3v) is 3.51. The molecule has 1 N–H and O–H groups in total. The molecule has 1 aliphatic rings. The van der Waals surface area contributed by atoms with Gasteiger partial charge in [0.05, 0.1) is 0 Å². The fourth-order valence-corrected chi connectivity index (χ4v) is 2.52. The van der Waals surface area contributed by atoms with Gasteiger partial charge in [0.2, 0.25) is 0 Å². The van der Waals surface area contributed by atoms with Crippen LogP contribution >= 0.6 is 0 Å². The highest BCUT2D eigenvalue weighted by Crippen LogP contribution is 2.28. The minimum Gasteiger partial charge on any atom is -0.312 e. The van der Waals surface area contributed by atoms with Crippen molar-refractivity contribution in [2.45, 2.75) is 19.9 Å². The van der Waals surface area contributed by atoms with Crippen molar-refractivity contribution in [3.63, 3.8) is 0 Å². The second-order valence-corrected chi connectivity index (χ2v) is 4.74. The lowest BCUT2D eigenvalue weighted by Gasteiger charge is -2.20. The van der Waals surface area contributed by atoms with E-state index in [0.717, 1.165) is 19.5 Å². The zero-order valence-electron chi connectivity index (χ0n) is 10.2. The van der Waals surface area contributed by atoms with Gasteiger partial charge in [-0.2, -0.15) is 0 Å². The van der Waals surface area contributed by atoms with E-state index >= 15 is 0 Å². The van der Waals surface area contributed by atoms with E-state index in [1.807, 2.05) is 0 Å². The normalized spacial score (nSPS) is 14.4. The summed E-state index contributed by atoms with van der Waals surface area (Å²) in [6, 6.07) is 15.5. The Morgan fingerprint density at radius 1 is 1.00 bits per heavy atom. The van der Waals surface area contributed by atoms with Crippen LogP contribution in [0.3, 0.4) is 0 Å². The van der Waals surface area contributed by atoms with E-state index in [9.17, 15) is 0 Å². The van der Waals surface area contributed by atoms with E-state index < -0.39 is 0 Å². The molecule has 3 rings (SSSR count). The van der Waals surface area contributed by atoms with Crippen molar-refractivity contribution >= 4 is 0 Å². The average Bonchev–Trinajstić information content (AvgIpc) is 2.39. The summed E-state index contributed by atoms with van der Waals surface area (Å²) >= 11 is 0. The van der Waals surface area contributed by atoms with Gasteiger partial charge >= 0.3 is 0 Å². The fourth-order valence-electron chi connectivity index (χ4n) is 2.52. The lowest BCUT2D eigenvalue weighted by Crippen LogP contribution is -2.24. The molecule has 1 nitrogen and oxygen atoms in total. The summed E-state index contributed by atoms with van der Waals surface area (Å²) in [6.45, 7) is 4.23. The third-order valence-electron chi connectivity index (χ3n) is 3.51. The predicted octanol–water partition coefficient (Wildman–Crippen LogP) is 3.31. The monoisotopic (exact) mass is 223 g/mol. The number of fused-ring (bicyclic) bond motifs is 1. The number of aryl methyl sites for hydroxylation is 1. The van der Waals surface area contributed by atoms with Gasteiger partial charge in [0.15, 0.2) is 0 Å². The van der Waals surface area contributed by atoms with Crippen molar-refractivity contribution in [3.05, 3.63) is 59.2 Å². The van der Waals surface area contributed by atoms with Crippen LogP contribution in [0.25, 0.3) is 11.1 Å². The first-order valence-corrected chi connectivity index (χ1v) is 6.23. The molecule has 0 amide bonds. The average molecular weight is 223 g/mol. The van der Waals surface area contributed by atoms with E-state index in [1.165, 1.54) is 27.8 Å². The summed E-state index contributed by atoms with van der Waals surface area (Å²) in [5.41, 5.74) is 7.01. The summed E-state index contributed by atoms with van der Waals surface area (Å²) < 4.78 is 0. The first kappa shape index (κ1) is 10.5. The molecule has 1 heterocycles. The molecule has 0 radical (unpaired) electrons. The van der Waals surface area contributed by atoms with Crippen molar-refractivity contribution in [3.8, 4) is 11.1 Å². The first-order valence-electron chi connectivity index (χ1n) is 6.23. The highest BCUT2D eigenvalue weighted by molar-refractivity contribution is 5.69. The Kier molecular flexibility index (Phi) is 2.69. The molecule has 17 heavy (non-hydrogen) atoms. The zero-order chi connectivity index (χ0) is 11.7. The lowest BCUT2D eigenvalue weighted by atomic mass is 9.92. The number of hydrogen-bond donors (Lipinski definition) is 1. The SMILES string of the molecule is Cc1ccc(-c2cccc3c2CNCC3)cc1. The van der Waals surface area contributed by atoms with Crippen LogP contribution < -0.4 is 5.32 Å². The maximum absolute atomic E-state index is 3.46. The molecule has 2 aromatic rings. The van der Waals surface area contributed by atoms with Crippen LogP contribution in [0.1, 0.15) is 16.7 Å². The molecule has 2 aromatic carbocycles. The highest BCUT2D eigenvalue weighted by atomic mass is 14.9. The molecule has 0 aromatic heterocycles. The van der Waals surface area contributed by atoms with Gasteiger partial charge in [0.1, 0.15) is 0 Å². The van der Waals surface area contributed by atoms with Gasteiger partial charge in [-0.05, 0) is 42.1 Å². The summed E-state index contributed by atoms with van der Waals surface area (Å²) in [6.07, 6.45) is 1.15. The van der Waals surface area contributed by atoms with Crippen LogP contribution in [0.15, 0.2) is 42.5 Å². The molecule has 0 fully saturated rings. The molecule has 0 spiro atoms. The Morgan fingerprint density at radius 3 is 2.65 bits per heavy atom. The zero-order valence-corrected chi connectivity index (χ0v) is 10.2. The lowest BCUT2D eigenvalue weighted by molar-refractivity contribution is 0.645. The topological polar surface area (TPSA) is 12.0 Å². The Morgan fingerprint density at radius 2 is 1.82 bits per heavy atom. The van der Waals surface area contributed by atoms with E-state index in [2.05, 4.69) is 54.7 Å². The molecule has 0 unspecified atom stereocenters. The van der Waals surface area contributed by atoms with Gasteiger partial charge in [-0.15, -0.1) is 0 Å². The summed E-state index contributed by atoms with van der Waals surface area (Å²) in [4.78, 5) is 0. The van der Waals surface area contributed by atoms with E-state index in [1.54, 1.807) is 0 Å². The highest BCUT2D eigenvalue weighted by Gasteiger charge is 2.12. The van der Waals surface area contributed by atoms with E-state index in [-0.39, 0.29) is 0 Å². The molecule has 0 saturated carbocycles. The van der Waals surface area contributed by atoms with Gasteiger partial charge in [-0.25, -0.2) is 0 Å². The largest absolute Gasteiger partial charge is 0.312 e. The number of rotatable bonds is 1. The molecule has 0 bridgehead atoms. The number of hydrogen-bond acceptors (Lipinski definition) is 1. The van der Waals surface area contributed by atoms with Crippen LogP contribution in [0, 0.1) is 6.92 Å². The molecule has 0 saturated heterocycles. The van der Waals surface area contributed by atoms with Crippen molar-refractivity contribution in [1.82, 2.24) is 5.32 Å².